The lowest BCUT2D eigenvalue weighted by atomic mass is 9.96. The predicted octanol–water partition coefficient (Wildman–Crippen LogP) is 2.47. The number of nitrogens with zero attached hydrogens (tertiary/aromatic N) is 2. The number of likely N-dealkylation sites (tertiary alicyclic amines) is 1. The molecule has 26 heavy (non-hydrogen) atoms. The summed E-state index contributed by atoms with van der Waals surface area (Å²) < 4.78 is 0. The molecule has 142 valence electrons. The normalized spacial score (nSPS) is 19.9. The summed E-state index contributed by atoms with van der Waals surface area (Å²) in [5, 5.41) is 7.63. The van der Waals surface area contributed by atoms with Crippen LogP contribution >= 0.6 is 11.6 Å². The number of benzene rings is 1. The number of carbonyl (C=O) groups is 1. The average Bonchev–Trinajstić information content (AvgIpc) is 3.42. The standard InChI is InChI=1S/C19H28ClN5O/c1-2-22-18(24-16-6-10-25(11-7-16)17(21)26)23-13-19(8-9-19)14-4-3-5-15(20)12-14/h3-5,12,16H,2,6-11,13H2,1H3,(H2,21,26)(H2,22,23,24). The van der Waals surface area contributed by atoms with Gasteiger partial charge in [-0.1, -0.05) is 23.7 Å². The van der Waals surface area contributed by atoms with Crippen molar-refractivity contribution in [3.63, 3.8) is 0 Å². The van der Waals surface area contributed by atoms with Crippen molar-refractivity contribution in [2.45, 2.75) is 44.1 Å². The number of carbonyl (C=O) groups excluding carboxylic acids is 1. The molecule has 0 bridgehead atoms. The molecule has 1 aliphatic carbocycles. The average molecular weight is 378 g/mol. The summed E-state index contributed by atoms with van der Waals surface area (Å²) >= 11 is 6.16. The van der Waals surface area contributed by atoms with Gasteiger partial charge in [-0.25, -0.2) is 4.79 Å². The van der Waals surface area contributed by atoms with Gasteiger partial charge in [0.15, 0.2) is 5.96 Å². The van der Waals surface area contributed by atoms with Gasteiger partial charge < -0.3 is 21.3 Å². The summed E-state index contributed by atoms with van der Waals surface area (Å²) in [6, 6.07) is 8.11. The predicted molar refractivity (Wildman–Crippen MR) is 106 cm³/mol. The van der Waals surface area contributed by atoms with E-state index in [0.29, 0.717) is 19.1 Å². The third kappa shape index (κ3) is 4.61. The maximum absolute atomic E-state index is 11.2. The third-order valence-electron chi connectivity index (χ3n) is 5.32. The second-order valence-corrected chi connectivity index (χ2v) is 7.67. The summed E-state index contributed by atoms with van der Waals surface area (Å²) in [6.45, 7) is 5.02. The van der Waals surface area contributed by atoms with Crippen molar-refractivity contribution in [1.29, 1.82) is 0 Å². The molecule has 0 unspecified atom stereocenters. The van der Waals surface area contributed by atoms with E-state index >= 15 is 0 Å². The van der Waals surface area contributed by atoms with Crippen LogP contribution in [0.1, 0.15) is 38.2 Å². The van der Waals surface area contributed by atoms with Crippen molar-refractivity contribution in [3.05, 3.63) is 34.9 Å². The van der Waals surface area contributed by atoms with Gasteiger partial charge in [-0.2, -0.15) is 0 Å². The molecule has 3 rings (SSSR count). The van der Waals surface area contributed by atoms with Crippen LogP contribution in [-0.2, 0) is 5.41 Å². The number of aliphatic imine (C=N–C) groups is 1. The minimum absolute atomic E-state index is 0.128. The first kappa shape index (κ1) is 18.8. The fourth-order valence-corrected chi connectivity index (χ4v) is 3.69. The van der Waals surface area contributed by atoms with Crippen molar-refractivity contribution in [3.8, 4) is 0 Å². The van der Waals surface area contributed by atoms with E-state index in [9.17, 15) is 4.79 Å². The second kappa shape index (κ2) is 8.16. The van der Waals surface area contributed by atoms with Gasteiger partial charge in [-0.05, 0) is 50.3 Å². The Morgan fingerprint density at radius 2 is 2.12 bits per heavy atom. The molecule has 1 aromatic rings. The molecule has 1 heterocycles. The van der Waals surface area contributed by atoms with Crippen LogP contribution in [-0.4, -0.2) is 49.1 Å². The smallest absolute Gasteiger partial charge is 0.314 e. The molecular weight excluding hydrogens is 350 g/mol. The van der Waals surface area contributed by atoms with Crippen LogP contribution in [0, 0.1) is 0 Å². The number of nitrogens with one attached hydrogen (secondary N) is 2. The van der Waals surface area contributed by atoms with Gasteiger partial charge in [0.05, 0.1) is 6.54 Å². The lowest BCUT2D eigenvalue weighted by Gasteiger charge is -2.32. The fraction of sp³-hybridized carbons (Fsp3) is 0.579. The molecule has 2 amide bonds. The Labute approximate surface area is 160 Å². The SMILES string of the molecule is CCNC(=NCC1(c2cccc(Cl)c2)CC1)NC1CCN(C(N)=O)CC1. The number of hydrogen-bond donors (Lipinski definition) is 3. The molecular formula is C19H28ClN5O. The number of amides is 2. The zero-order chi connectivity index (χ0) is 18.6. The number of urea groups is 1. The Morgan fingerprint density at radius 3 is 2.69 bits per heavy atom. The summed E-state index contributed by atoms with van der Waals surface area (Å²) in [5.74, 6) is 0.846. The number of rotatable bonds is 5. The topological polar surface area (TPSA) is 82.8 Å². The Hall–Kier alpha value is -1.95. The number of nitrogens with two attached hydrogens (primary N) is 1. The molecule has 6 nitrogen and oxygen atoms in total. The highest BCUT2D eigenvalue weighted by Gasteiger charge is 2.44. The van der Waals surface area contributed by atoms with Crippen molar-refractivity contribution in [2.24, 2.45) is 10.7 Å². The largest absolute Gasteiger partial charge is 0.357 e. The van der Waals surface area contributed by atoms with Crippen molar-refractivity contribution >= 4 is 23.6 Å². The maximum Gasteiger partial charge on any atom is 0.314 e. The Bertz CT molecular complexity index is 666. The Kier molecular flexibility index (Phi) is 5.91. The summed E-state index contributed by atoms with van der Waals surface area (Å²) in [6.07, 6.45) is 4.06. The van der Waals surface area contributed by atoms with E-state index in [4.69, 9.17) is 22.3 Å². The van der Waals surface area contributed by atoms with E-state index in [1.807, 2.05) is 12.1 Å². The highest BCUT2D eigenvalue weighted by Crippen LogP contribution is 2.48. The molecule has 1 aliphatic heterocycles. The van der Waals surface area contributed by atoms with Gasteiger partial charge in [0.2, 0.25) is 0 Å². The van der Waals surface area contributed by atoms with Gasteiger partial charge in [0.1, 0.15) is 0 Å². The molecule has 0 spiro atoms. The van der Waals surface area contributed by atoms with Crippen molar-refractivity contribution < 1.29 is 4.79 Å². The van der Waals surface area contributed by atoms with Gasteiger partial charge >= 0.3 is 6.03 Å². The van der Waals surface area contributed by atoms with Crippen LogP contribution in [0.4, 0.5) is 4.79 Å². The molecule has 1 aromatic carbocycles. The Morgan fingerprint density at radius 1 is 1.38 bits per heavy atom. The number of guanidine groups is 1. The van der Waals surface area contributed by atoms with Crippen LogP contribution < -0.4 is 16.4 Å². The van der Waals surface area contributed by atoms with Crippen LogP contribution in [0.25, 0.3) is 0 Å². The van der Waals surface area contributed by atoms with E-state index < -0.39 is 0 Å². The second-order valence-electron chi connectivity index (χ2n) is 7.23. The van der Waals surface area contributed by atoms with Crippen LogP contribution in [0.3, 0.4) is 0 Å². The first-order valence-electron chi connectivity index (χ1n) is 9.38. The lowest BCUT2D eigenvalue weighted by molar-refractivity contribution is 0.188. The number of halogens is 1. The van der Waals surface area contributed by atoms with Crippen LogP contribution in [0.2, 0.25) is 5.02 Å². The fourth-order valence-electron chi connectivity index (χ4n) is 3.50. The number of hydrogen-bond acceptors (Lipinski definition) is 2. The molecule has 2 aliphatic rings. The summed E-state index contributed by atoms with van der Waals surface area (Å²) in [5.41, 5.74) is 6.76. The van der Waals surface area contributed by atoms with E-state index in [0.717, 1.165) is 49.8 Å². The highest BCUT2D eigenvalue weighted by atomic mass is 35.5. The molecule has 1 saturated carbocycles. The van der Waals surface area contributed by atoms with Gasteiger partial charge in [-0.15, -0.1) is 0 Å². The lowest BCUT2D eigenvalue weighted by Crippen LogP contribution is -2.50. The quantitative estimate of drug-likeness (QED) is 0.544. The minimum atomic E-state index is -0.332. The van der Waals surface area contributed by atoms with Gasteiger partial charge in [0, 0.05) is 36.1 Å². The molecule has 1 saturated heterocycles. The number of primary amides is 1. The maximum atomic E-state index is 11.2. The zero-order valence-electron chi connectivity index (χ0n) is 15.3. The van der Waals surface area contributed by atoms with E-state index in [-0.39, 0.29) is 11.4 Å². The van der Waals surface area contributed by atoms with Crippen LogP contribution in [0.5, 0.6) is 0 Å². The van der Waals surface area contributed by atoms with E-state index in [2.05, 4.69) is 29.7 Å². The first-order valence-corrected chi connectivity index (χ1v) is 9.75. The molecule has 7 heteroatoms. The molecule has 0 aromatic heterocycles. The third-order valence-corrected chi connectivity index (χ3v) is 5.56. The molecule has 2 fully saturated rings. The summed E-state index contributed by atoms with van der Waals surface area (Å²) in [4.78, 5) is 17.8. The minimum Gasteiger partial charge on any atom is -0.357 e. The monoisotopic (exact) mass is 377 g/mol. The van der Waals surface area contributed by atoms with Crippen LogP contribution in [0.15, 0.2) is 29.3 Å². The molecule has 0 atom stereocenters. The van der Waals surface area contributed by atoms with Crippen molar-refractivity contribution in [2.75, 3.05) is 26.2 Å². The van der Waals surface area contributed by atoms with E-state index in [1.165, 1.54) is 5.56 Å². The number of piperidine rings is 1. The first-order chi connectivity index (χ1) is 12.5. The molecule has 0 radical (unpaired) electrons. The molecule has 4 N–H and O–H groups in total. The van der Waals surface area contributed by atoms with E-state index in [1.54, 1.807) is 4.90 Å². The van der Waals surface area contributed by atoms with Crippen molar-refractivity contribution in [1.82, 2.24) is 15.5 Å². The van der Waals surface area contributed by atoms with Gasteiger partial charge in [0.25, 0.3) is 0 Å². The zero-order valence-corrected chi connectivity index (χ0v) is 16.1. The highest BCUT2D eigenvalue weighted by molar-refractivity contribution is 6.30. The summed E-state index contributed by atoms with van der Waals surface area (Å²) in [7, 11) is 0. The Balaban J connectivity index is 1.60. The van der Waals surface area contributed by atoms with Gasteiger partial charge in [-0.3, -0.25) is 4.99 Å².